The number of benzene rings is 3. The van der Waals surface area contributed by atoms with Gasteiger partial charge in [-0.05, 0) is 36.4 Å². The summed E-state index contributed by atoms with van der Waals surface area (Å²) in [6.07, 6.45) is 0. The van der Waals surface area contributed by atoms with E-state index in [-0.39, 0.29) is 5.82 Å². The zero-order valence-corrected chi connectivity index (χ0v) is 12.6. The summed E-state index contributed by atoms with van der Waals surface area (Å²) in [5, 5.41) is 2.31. The summed E-state index contributed by atoms with van der Waals surface area (Å²) in [4.78, 5) is 0. The molecule has 0 spiro atoms. The third-order valence-electron chi connectivity index (χ3n) is 3.71. The maximum Gasteiger partial charge on any atom is 0.125 e. The van der Waals surface area contributed by atoms with Gasteiger partial charge in [0.1, 0.15) is 5.82 Å². The fraction of sp³-hybridized carbons (Fsp3) is 0. The van der Waals surface area contributed by atoms with Crippen LogP contribution in [0.2, 0.25) is 0 Å². The van der Waals surface area contributed by atoms with E-state index in [0.717, 1.165) is 32.0 Å². The zero-order valence-electron chi connectivity index (χ0n) is 11.1. The molecule has 1 aromatic heterocycles. The first-order chi connectivity index (χ1) is 10.3. The Hall–Kier alpha value is -2.13. The standard InChI is InChI=1S/C18H11BrFN/c19-15-8-4-10-17-18(15)14-7-1-2-9-16(14)21(17)13-6-3-5-12(20)11-13/h1-11H. The Morgan fingerprint density at radius 1 is 0.810 bits per heavy atom. The summed E-state index contributed by atoms with van der Waals surface area (Å²) in [7, 11) is 0. The van der Waals surface area contributed by atoms with Crippen LogP contribution in [0, 0.1) is 5.82 Å². The van der Waals surface area contributed by atoms with Gasteiger partial charge >= 0.3 is 0 Å². The van der Waals surface area contributed by atoms with E-state index >= 15 is 0 Å². The quantitative estimate of drug-likeness (QED) is 0.420. The smallest absolute Gasteiger partial charge is 0.125 e. The third kappa shape index (κ3) is 1.88. The monoisotopic (exact) mass is 339 g/mol. The molecule has 4 rings (SSSR count). The minimum atomic E-state index is -0.228. The van der Waals surface area contributed by atoms with Gasteiger partial charge in [0, 0.05) is 20.9 Å². The summed E-state index contributed by atoms with van der Waals surface area (Å²) in [6, 6.07) is 21.0. The summed E-state index contributed by atoms with van der Waals surface area (Å²) in [5.41, 5.74) is 2.97. The molecule has 0 unspecified atom stereocenters. The van der Waals surface area contributed by atoms with Crippen molar-refractivity contribution in [3.8, 4) is 5.69 Å². The van der Waals surface area contributed by atoms with Crippen molar-refractivity contribution in [2.24, 2.45) is 0 Å². The van der Waals surface area contributed by atoms with Crippen molar-refractivity contribution in [3.05, 3.63) is 77.0 Å². The van der Waals surface area contributed by atoms with Crippen molar-refractivity contribution >= 4 is 37.7 Å². The fourth-order valence-electron chi connectivity index (χ4n) is 2.87. The summed E-state index contributed by atoms with van der Waals surface area (Å²) >= 11 is 3.63. The molecule has 0 radical (unpaired) electrons. The van der Waals surface area contributed by atoms with Crippen LogP contribution in [0.5, 0.6) is 0 Å². The highest BCUT2D eigenvalue weighted by atomic mass is 79.9. The lowest BCUT2D eigenvalue weighted by Crippen LogP contribution is -1.94. The molecule has 3 aromatic carbocycles. The Labute approximate surface area is 129 Å². The van der Waals surface area contributed by atoms with Crippen LogP contribution in [0.1, 0.15) is 0 Å². The predicted molar refractivity (Wildman–Crippen MR) is 88.4 cm³/mol. The van der Waals surface area contributed by atoms with Crippen LogP contribution in [0.3, 0.4) is 0 Å². The minimum absolute atomic E-state index is 0.228. The van der Waals surface area contributed by atoms with E-state index in [2.05, 4.69) is 38.7 Å². The van der Waals surface area contributed by atoms with Crippen molar-refractivity contribution in [1.82, 2.24) is 4.57 Å². The molecule has 0 fully saturated rings. The highest BCUT2D eigenvalue weighted by molar-refractivity contribution is 9.10. The Kier molecular flexibility index (Phi) is 2.82. The summed E-state index contributed by atoms with van der Waals surface area (Å²) < 4.78 is 16.8. The van der Waals surface area contributed by atoms with Gasteiger partial charge in [0.25, 0.3) is 0 Å². The van der Waals surface area contributed by atoms with Gasteiger partial charge in [-0.25, -0.2) is 4.39 Å². The van der Waals surface area contributed by atoms with Gasteiger partial charge in [0.15, 0.2) is 0 Å². The first kappa shape index (κ1) is 12.6. The summed E-state index contributed by atoms with van der Waals surface area (Å²) in [5.74, 6) is -0.228. The largest absolute Gasteiger partial charge is 0.309 e. The van der Waals surface area contributed by atoms with Gasteiger partial charge in [-0.15, -0.1) is 0 Å². The van der Waals surface area contributed by atoms with Gasteiger partial charge in [-0.3, -0.25) is 0 Å². The van der Waals surface area contributed by atoms with E-state index in [1.165, 1.54) is 6.07 Å². The first-order valence-electron chi connectivity index (χ1n) is 6.69. The second kappa shape index (κ2) is 4.71. The SMILES string of the molecule is Fc1cccc(-n2c3ccccc3c3c(Br)cccc32)c1. The minimum Gasteiger partial charge on any atom is -0.309 e. The Bertz CT molecular complexity index is 971. The number of aromatic nitrogens is 1. The van der Waals surface area contributed by atoms with Crippen LogP contribution in [-0.4, -0.2) is 4.57 Å². The Morgan fingerprint density at radius 3 is 2.43 bits per heavy atom. The van der Waals surface area contributed by atoms with E-state index in [9.17, 15) is 4.39 Å². The molecule has 0 aliphatic carbocycles. The van der Waals surface area contributed by atoms with E-state index < -0.39 is 0 Å². The third-order valence-corrected chi connectivity index (χ3v) is 4.37. The van der Waals surface area contributed by atoms with Gasteiger partial charge < -0.3 is 4.57 Å². The van der Waals surface area contributed by atoms with Crippen LogP contribution in [0.15, 0.2) is 71.2 Å². The highest BCUT2D eigenvalue weighted by Gasteiger charge is 2.13. The van der Waals surface area contributed by atoms with Crippen molar-refractivity contribution in [2.45, 2.75) is 0 Å². The van der Waals surface area contributed by atoms with E-state index in [1.807, 2.05) is 30.3 Å². The van der Waals surface area contributed by atoms with Crippen molar-refractivity contribution in [2.75, 3.05) is 0 Å². The van der Waals surface area contributed by atoms with Crippen LogP contribution < -0.4 is 0 Å². The Balaban J connectivity index is 2.23. The lowest BCUT2D eigenvalue weighted by atomic mass is 10.2. The lowest BCUT2D eigenvalue weighted by molar-refractivity contribution is 0.627. The molecule has 1 nitrogen and oxygen atoms in total. The molecule has 1 heterocycles. The second-order valence-corrected chi connectivity index (χ2v) is 5.82. The highest BCUT2D eigenvalue weighted by Crippen LogP contribution is 2.36. The molecule has 0 saturated carbocycles. The van der Waals surface area contributed by atoms with Gasteiger partial charge in [0.2, 0.25) is 0 Å². The maximum atomic E-state index is 13.6. The molecule has 0 atom stereocenters. The summed E-state index contributed by atoms with van der Waals surface area (Å²) in [6.45, 7) is 0. The van der Waals surface area contributed by atoms with E-state index in [1.54, 1.807) is 12.1 Å². The number of halogens is 2. The molecule has 0 aliphatic heterocycles. The number of hydrogen-bond donors (Lipinski definition) is 0. The first-order valence-corrected chi connectivity index (χ1v) is 7.48. The maximum absolute atomic E-state index is 13.6. The molecule has 0 amide bonds. The average molecular weight is 340 g/mol. The number of fused-ring (bicyclic) bond motifs is 3. The molecule has 102 valence electrons. The number of hydrogen-bond acceptors (Lipinski definition) is 0. The predicted octanol–water partition coefficient (Wildman–Crippen LogP) is 5.69. The zero-order chi connectivity index (χ0) is 14.4. The molecule has 0 N–H and O–H groups in total. The second-order valence-electron chi connectivity index (χ2n) is 4.97. The van der Waals surface area contributed by atoms with Crippen molar-refractivity contribution < 1.29 is 4.39 Å². The van der Waals surface area contributed by atoms with Crippen LogP contribution in [0.25, 0.3) is 27.5 Å². The van der Waals surface area contributed by atoms with Gasteiger partial charge in [-0.1, -0.05) is 46.3 Å². The average Bonchev–Trinajstić information content (AvgIpc) is 2.83. The number of para-hydroxylation sites is 1. The fourth-order valence-corrected chi connectivity index (χ4v) is 3.44. The molecule has 4 aromatic rings. The molecular weight excluding hydrogens is 329 g/mol. The van der Waals surface area contributed by atoms with Crippen LogP contribution in [-0.2, 0) is 0 Å². The van der Waals surface area contributed by atoms with Crippen LogP contribution in [0.4, 0.5) is 4.39 Å². The number of rotatable bonds is 1. The van der Waals surface area contributed by atoms with Crippen LogP contribution >= 0.6 is 15.9 Å². The molecule has 0 saturated heterocycles. The number of nitrogens with zero attached hydrogens (tertiary/aromatic N) is 1. The van der Waals surface area contributed by atoms with Gasteiger partial charge in [0.05, 0.1) is 11.0 Å². The van der Waals surface area contributed by atoms with Crippen molar-refractivity contribution in [3.63, 3.8) is 0 Å². The topological polar surface area (TPSA) is 4.93 Å². The molecule has 0 aliphatic rings. The van der Waals surface area contributed by atoms with Crippen molar-refractivity contribution in [1.29, 1.82) is 0 Å². The molecular formula is C18H11BrFN. The van der Waals surface area contributed by atoms with Gasteiger partial charge in [-0.2, -0.15) is 0 Å². The molecule has 3 heteroatoms. The van der Waals surface area contributed by atoms with E-state index in [4.69, 9.17) is 0 Å². The van der Waals surface area contributed by atoms with E-state index in [0.29, 0.717) is 0 Å². The lowest BCUT2D eigenvalue weighted by Gasteiger charge is -2.07. The molecule has 0 bridgehead atoms. The molecule has 21 heavy (non-hydrogen) atoms. The normalized spacial score (nSPS) is 11.3. The Morgan fingerprint density at radius 2 is 1.57 bits per heavy atom.